The van der Waals surface area contributed by atoms with Gasteiger partial charge in [0.15, 0.2) is 0 Å². The maximum atomic E-state index is 11.7. The lowest BCUT2D eigenvalue weighted by molar-refractivity contribution is -0.132. The Kier molecular flexibility index (Phi) is 5.62. The number of carbonyl (C=O) groups is 2. The van der Waals surface area contributed by atoms with E-state index in [1.54, 1.807) is 4.90 Å². The summed E-state index contributed by atoms with van der Waals surface area (Å²) in [5.74, 6) is 0.499. The highest BCUT2D eigenvalue weighted by atomic mass is 32.2. The third-order valence-electron chi connectivity index (χ3n) is 2.47. The standard InChI is InChI=1S/C10H17NO4S/c1-15-6-7-16(14)8-10(13)11-4-2-9(12)3-5-11/h2-8H2,1H3. The van der Waals surface area contributed by atoms with E-state index in [9.17, 15) is 13.8 Å². The van der Waals surface area contributed by atoms with E-state index in [-0.39, 0.29) is 17.4 Å². The first kappa shape index (κ1) is 13.3. The molecule has 1 rings (SSSR count). The van der Waals surface area contributed by atoms with Crippen LogP contribution in [0.4, 0.5) is 0 Å². The molecule has 1 aliphatic rings. The zero-order valence-electron chi connectivity index (χ0n) is 9.44. The number of nitrogens with zero attached hydrogens (tertiary/aromatic N) is 1. The van der Waals surface area contributed by atoms with Gasteiger partial charge in [0.25, 0.3) is 0 Å². The van der Waals surface area contributed by atoms with Crippen molar-refractivity contribution in [2.24, 2.45) is 0 Å². The molecule has 1 fully saturated rings. The predicted octanol–water partition coefficient (Wildman–Crippen LogP) is -0.427. The van der Waals surface area contributed by atoms with Crippen LogP contribution < -0.4 is 0 Å². The van der Waals surface area contributed by atoms with Gasteiger partial charge in [0.05, 0.1) is 6.61 Å². The van der Waals surface area contributed by atoms with Crippen molar-refractivity contribution in [1.82, 2.24) is 4.90 Å². The molecule has 0 radical (unpaired) electrons. The molecular weight excluding hydrogens is 230 g/mol. The molecule has 1 aliphatic heterocycles. The third kappa shape index (κ3) is 4.40. The second kappa shape index (κ2) is 6.75. The summed E-state index contributed by atoms with van der Waals surface area (Å²) in [6.07, 6.45) is 0.854. The molecule has 0 N–H and O–H groups in total. The van der Waals surface area contributed by atoms with Crippen LogP contribution in [0.25, 0.3) is 0 Å². The second-order valence-electron chi connectivity index (χ2n) is 3.70. The van der Waals surface area contributed by atoms with Gasteiger partial charge in [0.2, 0.25) is 5.91 Å². The number of hydrogen-bond donors (Lipinski definition) is 0. The molecule has 1 heterocycles. The van der Waals surface area contributed by atoms with Gasteiger partial charge in [-0.1, -0.05) is 0 Å². The number of Topliss-reactive ketones (excluding diaryl/α,β-unsaturated/α-hetero) is 1. The highest BCUT2D eigenvalue weighted by Crippen LogP contribution is 2.06. The first-order chi connectivity index (χ1) is 7.63. The van der Waals surface area contributed by atoms with Crippen molar-refractivity contribution < 1.29 is 18.5 Å². The molecule has 0 aromatic rings. The van der Waals surface area contributed by atoms with E-state index >= 15 is 0 Å². The maximum Gasteiger partial charge on any atom is 0.235 e. The number of amides is 1. The number of likely N-dealkylation sites (tertiary alicyclic amines) is 1. The SMILES string of the molecule is COCCS(=O)CC(=O)N1CCC(=O)CC1. The summed E-state index contributed by atoms with van der Waals surface area (Å²) in [6, 6.07) is 0. The second-order valence-corrected chi connectivity index (χ2v) is 5.28. The lowest BCUT2D eigenvalue weighted by Crippen LogP contribution is -2.41. The van der Waals surface area contributed by atoms with Crippen LogP contribution in [0.2, 0.25) is 0 Å². The first-order valence-electron chi connectivity index (χ1n) is 5.27. The Labute approximate surface area is 97.6 Å². The average molecular weight is 247 g/mol. The Morgan fingerprint density at radius 1 is 1.44 bits per heavy atom. The van der Waals surface area contributed by atoms with Crippen molar-refractivity contribution in [3.8, 4) is 0 Å². The van der Waals surface area contributed by atoms with E-state index in [0.717, 1.165) is 0 Å². The molecule has 16 heavy (non-hydrogen) atoms. The molecule has 1 atom stereocenters. The van der Waals surface area contributed by atoms with E-state index < -0.39 is 10.8 Å². The summed E-state index contributed by atoms with van der Waals surface area (Å²) in [6.45, 7) is 1.34. The number of carbonyl (C=O) groups excluding carboxylic acids is 2. The van der Waals surface area contributed by atoms with Gasteiger partial charge in [-0.3, -0.25) is 13.8 Å². The van der Waals surface area contributed by atoms with Crippen LogP contribution in [-0.4, -0.2) is 59.1 Å². The van der Waals surface area contributed by atoms with Gasteiger partial charge < -0.3 is 9.64 Å². The fourth-order valence-corrected chi connectivity index (χ4v) is 2.44. The molecule has 6 heteroatoms. The first-order valence-corrected chi connectivity index (χ1v) is 6.75. The van der Waals surface area contributed by atoms with Crippen molar-refractivity contribution in [2.45, 2.75) is 12.8 Å². The zero-order valence-corrected chi connectivity index (χ0v) is 10.3. The van der Waals surface area contributed by atoms with Crippen LogP contribution in [-0.2, 0) is 25.1 Å². The Bertz CT molecular complexity index is 283. The zero-order chi connectivity index (χ0) is 12.0. The third-order valence-corrected chi connectivity index (χ3v) is 3.66. The van der Waals surface area contributed by atoms with Gasteiger partial charge in [0.1, 0.15) is 11.5 Å². The van der Waals surface area contributed by atoms with Gasteiger partial charge in [-0.25, -0.2) is 0 Å². The number of ether oxygens (including phenoxy) is 1. The van der Waals surface area contributed by atoms with Crippen molar-refractivity contribution in [2.75, 3.05) is 38.3 Å². The lowest BCUT2D eigenvalue weighted by Gasteiger charge is -2.25. The summed E-state index contributed by atoms with van der Waals surface area (Å²) in [4.78, 5) is 24.3. The number of methoxy groups -OCH3 is 1. The normalized spacial score (nSPS) is 18.6. The van der Waals surface area contributed by atoms with Crippen LogP contribution in [0.5, 0.6) is 0 Å². The van der Waals surface area contributed by atoms with E-state index in [1.165, 1.54) is 7.11 Å². The lowest BCUT2D eigenvalue weighted by atomic mass is 10.1. The predicted molar refractivity (Wildman–Crippen MR) is 60.6 cm³/mol. The minimum absolute atomic E-state index is 0.0392. The Morgan fingerprint density at radius 3 is 2.62 bits per heavy atom. The van der Waals surface area contributed by atoms with E-state index in [0.29, 0.717) is 38.3 Å². The smallest absolute Gasteiger partial charge is 0.235 e. The van der Waals surface area contributed by atoms with Gasteiger partial charge >= 0.3 is 0 Å². The van der Waals surface area contributed by atoms with Crippen LogP contribution in [0, 0.1) is 0 Å². The van der Waals surface area contributed by atoms with Crippen LogP contribution in [0.15, 0.2) is 0 Å². The number of ketones is 1. The Balaban J connectivity index is 2.29. The molecule has 1 saturated heterocycles. The van der Waals surface area contributed by atoms with Gasteiger partial charge in [0, 0.05) is 49.6 Å². The number of piperidine rings is 1. The van der Waals surface area contributed by atoms with E-state index in [4.69, 9.17) is 4.74 Å². The van der Waals surface area contributed by atoms with Gasteiger partial charge in [-0.15, -0.1) is 0 Å². The molecule has 92 valence electrons. The largest absolute Gasteiger partial charge is 0.384 e. The molecule has 0 aromatic carbocycles. The van der Waals surface area contributed by atoms with Crippen LogP contribution >= 0.6 is 0 Å². The maximum absolute atomic E-state index is 11.7. The summed E-state index contributed by atoms with van der Waals surface area (Å²) >= 11 is 0. The molecule has 1 amide bonds. The quantitative estimate of drug-likeness (QED) is 0.661. The summed E-state index contributed by atoms with van der Waals surface area (Å²) in [7, 11) is 0.375. The summed E-state index contributed by atoms with van der Waals surface area (Å²) in [5.41, 5.74) is 0. The highest BCUT2D eigenvalue weighted by molar-refractivity contribution is 7.85. The topological polar surface area (TPSA) is 63.7 Å². The molecule has 1 unspecified atom stereocenters. The molecule has 0 saturated carbocycles. The van der Waals surface area contributed by atoms with Gasteiger partial charge in [-0.05, 0) is 0 Å². The van der Waals surface area contributed by atoms with Gasteiger partial charge in [-0.2, -0.15) is 0 Å². The van der Waals surface area contributed by atoms with E-state index in [1.807, 2.05) is 0 Å². The minimum atomic E-state index is -1.16. The van der Waals surface area contributed by atoms with Crippen molar-refractivity contribution >= 4 is 22.5 Å². The fraction of sp³-hybridized carbons (Fsp3) is 0.800. The van der Waals surface area contributed by atoms with Crippen molar-refractivity contribution in [3.63, 3.8) is 0 Å². The molecular formula is C10H17NO4S. The van der Waals surface area contributed by atoms with Crippen LogP contribution in [0.1, 0.15) is 12.8 Å². The molecule has 0 aromatic heterocycles. The molecule has 0 bridgehead atoms. The Morgan fingerprint density at radius 2 is 2.06 bits per heavy atom. The van der Waals surface area contributed by atoms with Crippen LogP contribution in [0.3, 0.4) is 0 Å². The number of hydrogen-bond acceptors (Lipinski definition) is 4. The molecule has 5 nitrogen and oxygen atoms in total. The van der Waals surface area contributed by atoms with Crippen molar-refractivity contribution in [3.05, 3.63) is 0 Å². The van der Waals surface area contributed by atoms with E-state index in [2.05, 4.69) is 0 Å². The number of rotatable bonds is 5. The summed E-state index contributed by atoms with van der Waals surface area (Å²) < 4.78 is 16.2. The highest BCUT2D eigenvalue weighted by Gasteiger charge is 2.21. The average Bonchev–Trinajstić information content (AvgIpc) is 2.27. The van der Waals surface area contributed by atoms with Crippen molar-refractivity contribution in [1.29, 1.82) is 0 Å². The minimum Gasteiger partial charge on any atom is -0.384 e. The molecule has 0 spiro atoms. The summed E-state index contributed by atoms with van der Waals surface area (Å²) in [5, 5.41) is 0. The monoisotopic (exact) mass is 247 g/mol. The molecule has 0 aliphatic carbocycles. The fourth-order valence-electron chi connectivity index (χ4n) is 1.48. The Hall–Kier alpha value is -0.750.